The average molecular weight is 173 g/mol. The lowest BCUT2D eigenvalue weighted by atomic mass is 10.3. The quantitative estimate of drug-likeness (QED) is 0.564. The fourth-order valence-corrected chi connectivity index (χ4v) is 0.638. The van der Waals surface area contributed by atoms with Crippen LogP contribution < -0.4 is 0 Å². The SMILES string of the molecule is C[C@@H](O)C#Cc1cnc(C#N)nc1. The fourth-order valence-electron chi connectivity index (χ4n) is 0.638. The minimum absolute atomic E-state index is 0.114. The van der Waals surface area contributed by atoms with Crippen molar-refractivity contribution in [1.29, 1.82) is 5.26 Å². The molecule has 0 saturated heterocycles. The van der Waals surface area contributed by atoms with E-state index in [9.17, 15) is 0 Å². The molecule has 0 aliphatic carbocycles. The Hall–Kier alpha value is -1.91. The van der Waals surface area contributed by atoms with Gasteiger partial charge in [0, 0.05) is 12.4 Å². The maximum Gasteiger partial charge on any atom is 0.232 e. The molecule has 4 nitrogen and oxygen atoms in total. The minimum Gasteiger partial charge on any atom is -0.381 e. The maximum absolute atomic E-state index is 8.85. The zero-order valence-corrected chi connectivity index (χ0v) is 7.02. The Kier molecular flexibility index (Phi) is 2.97. The van der Waals surface area contributed by atoms with E-state index in [-0.39, 0.29) is 5.82 Å². The molecule has 1 aromatic heterocycles. The first-order chi connectivity index (χ1) is 6.22. The summed E-state index contributed by atoms with van der Waals surface area (Å²) in [5.41, 5.74) is 0.583. The van der Waals surface area contributed by atoms with Crippen molar-refractivity contribution in [1.82, 2.24) is 9.97 Å². The van der Waals surface area contributed by atoms with Crippen molar-refractivity contribution in [2.45, 2.75) is 13.0 Å². The summed E-state index contributed by atoms with van der Waals surface area (Å²) in [6, 6.07) is 1.80. The van der Waals surface area contributed by atoms with Crippen molar-refractivity contribution < 1.29 is 5.11 Å². The number of nitriles is 1. The lowest BCUT2D eigenvalue weighted by Crippen LogP contribution is -1.93. The van der Waals surface area contributed by atoms with Crippen LogP contribution in [0, 0.1) is 23.2 Å². The molecule has 0 aliphatic heterocycles. The Bertz CT molecular complexity index is 378. The highest BCUT2D eigenvalue weighted by atomic mass is 16.3. The molecule has 0 aromatic carbocycles. The Morgan fingerprint density at radius 3 is 2.54 bits per heavy atom. The van der Waals surface area contributed by atoms with E-state index >= 15 is 0 Å². The largest absolute Gasteiger partial charge is 0.381 e. The van der Waals surface area contributed by atoms with Crippen LogP contribution in [0.25, 0.3) is 0 Å². The number of hydrogen-bond donors (Lipinski definition) is 1. The van der Waals surface area contributed by atoms with Gasteiger partial charge in [0.25, 0.3) is 0 Å². The first kappa shape index (κ1) is 9.18. The molecule has 0 aliphatic rings. The van der Waals surface area contributed by atoms with Gasteiger partial charge in [-0.05, 0) is 6.92 Å². The van der Waals surface area contributed by atoms with Crippen LogP contribution in [0.3, 0.4) is 0 Å². The summed E-state index contributed by atoms with van der Waals surface area (Å²) in [7, 11) is 0. The molecule has 1 N–H and O–H groups in total. The van der Waals surface area contributed by atoms with E-state index in [2.05, 4.69) is 21.8 Å². The number of rotatable bonds is 0. The Morgan fingerprint density at radius 1 is 1.46 bits per heavy atom. The van der Waals surface area contributed by atoms with Gasteiger partial charge in [0.2, 0.25) is 5.82 Å². The number of aliphatic hydroxyl groups is 1. The molecule has 4 heteroatoms. The van der Waals surface area contributed by atoms with Crippen molar-refractivity contribution in [2.24, 2.45) is 0 Å². The maximum atomic E-state index is 8.85. The second-order valence-electron chi connectivity index (χ2n) is 2.35. The Morgan fingerprint density at radius 2 is 2.08 bits per heavy atom. The van der Waals surface area contributed by atoms with E-state index in [0.717, 1.165) is 0 Å². The molecule has 0 spiro atoms. The highest BCUT2D eigenvalue weighted by molar-refractivity contribution is 5.31. The van der Waals surface area contributed by atoms with Crippen molar-refractivity contribution >= 4 is 0 Å². The van der Waals surface area contributed by atoms with Crippen LogP contribution in [0.1, 0.15) is 18.3 Å². The van der Waals surface area contributed by atoms with E-state index in [0.29, 0.717) is 5.56 Å². The summed E-state index contributed by atoms with van der Waals surface area (Å²) < 4.78 is 0. The van der Waals surface area contributed by atoms with Crippen molar-refractivity contribution in [3.05, 3.63) is 23.8 Å². The topological polar surface area (TPSA) is 69.8 Å². The van der Waals surface area contributed by atoms with Crippen LogP contribution in [0.4, 0.5) is 0 Å². The highest BCUT2D eigenvalue weighted by Gasteiger charge is 1.92. The third kappa shape index (κ3) is 2.90. The zero-order valence-electron chi connectivity index (χ0n) is 7.02. The van der Waals surface area contributed by atoms with Gasteiger partial charge in [0.1, 0.15) is 12.2 Å². The first-order valence-electron chi connectivity index (χ1n) is 3.64. The van der Waals surface area contributed by atoms with Gasteiger partial charge in [-0.25, -0.2) is 9.97 Å². The molecule has 0 saturated carbocycles. The Labute approximate surface area is 75.9 Å². The van der Waals surface area contributed by atoms with Gasteiger partial charge in [-0.1, -0.05) is 11.8 Å². The third-order valence-electron chi connectivity index (χ3n) is 1.18. The minimum atomic E-state index is -0.671. The van der Waals surface area contributed by atoms with Gasteiger partial charge in [0.05, 0.1) is 5.56 Å². The molecule has 64 valence electrons. The smallest absolute Gasteiger partial charge is 0.232 e. The lowest BCUT2D eigenvalue weighted by Gasteiger charge is -1.89. The molecule has 0 amide bonds. The molecule has 13 heavy (non-hydrogen) atoms. The molecule has 0 unspecified atom stereocenters. The molecular formula is C9H7N3O. The van der Waals surface area contributed by atoms with E-state index in [4.69, 9.17) is 10.4 Å². The number of hydrogen-bond acceptors (Lipinski definition) is 4. The molecule has 1 atom stereocenters. The molecule has 1 aromatic rings. The summed E-state index contributed by atoms with van der Waals surface area (Å²) in [5.74, 6) is 5.32. The van der Waals surface area contributed by atoms with Crippen LogP contribution in [0.15, 0.2) is 12.4 Å². The summed E-state index contributed by atoms with van der Waals surface area (Å²) in [4.78, 5) is 7.44. The van der Waals surface area contributed by atoms with Crippen LogP contribution in [0.5, 0.6) is 0 Å². The average Bonchev–Trinajstić information content (AvgIpc) is 2.15. The predicted octanol–water partition coefficient (Wildman–Crippen LogP) is 0.0806. The van der Waals surface area contributed by atoms with E-state index < -0.39 is 6.10 Å². The second kappa shape index (κ2) is 4.20. The standard InChI is InChI=1S/C9H7N3O/c1-7(13)2-3-8-5-11-9(4-10)12-6-8/h5-7,13H,1H3/t7-/m1/s1. The van der Waals surface area contributed by atoms with Crippen molar-refractivity contribution in [3.63, 3.8) is 0 Å². The molecule has 0 bridgehead atoms. The highest BCUT2D eigenvalue weighted by Crippen LogP contribution is 1.92. The molecule has 1 rings (SSSR count). The zero-order chi connectivity index (χ0) is 9.68. The molecule has 0 fully saturated rings. The van der Waals surface area contributed by atoms with Gasteiger partial charge in [-0.15, -0.1) is 0 Å². The van der Waals surface area contributed by atoms with E-state index in [1.165, 1.54) is 12.4 Å². The summed E-state index contributed by atoms with van der Waals surface area (Å²) in [6.07, 6.45) is 2.22. The van der Waals surface area contributed by atoms with Gasteiger partial charge < -0.3 is 5.11 Å². The van der Waals surface area contributed by atoms with Gasteiger partial charge in [-0.3, -0.25) is 0 Å². The summed E-state index contributed by atoms with van der Waals surface area (Å²) >= 11 is 0. The monoisotopic (exact) mass is 173 g/mol. The molecule has 0 radical (unpaired) electrons. The van der Waals surface area contributed by atoms with Gasteiger partial charge >= 0.3 is 0 Å². The van der Waals surface area contributed by atoms with Gasteiger partial charge in [-0.2, -0.15) is 5.26 Å². The molecule has 1 heterocycles. The lowest BCUT2D eigenvalue weighted by molar-refractivity contribution is 0.253. The van der Waals surface area contributed by atoms with Crippen molar-refractivity contribution in [3.8, 4) is 17.9 Å². The summed E-state index contributed by atoms with van der Waals surface area (Å²) in [6.45, 7) is 1.57. The normalized spacial score (nSPS) is 10.8. The predicted molar refractivity (Wildman–Crippen MR) is 45.3 cm³/mol. The third-order valence-corrected chi connectivity index (χ3v) is 1.18. The number of aromatic nitrogens is 2. The van der Waals surface area contributed by atoms with Crippen LogP contribution >= 0.6 is 0 Å². The first-order valence-corrected chi connectivity index (χ1v) is 3.64. The summed E-state index contributed by atoms with van der Waals surface area (Å²) in [5, 5.41) is 17.2. The second-order valence-corrected chi connectivity index (χ2v) is 2.35. The Balaban J connectivity index is 2.84. The van der Waals surface area contributed by atoms with E-state index in [1.54, 1.807) is 13.0 Å². The number of aliphatic hydroxyl groups excluding tert-OH is 1. The van der Waals surface area contributed by atoms with Crippen LogP contribution in [0.2, 0.25) is 0 Å². The fraction of sp³-hybridized carbons (Fsp3) is 0.222. The molecular weight excluding hydrogens is 166 g/mol. The van der Waals surface area contributed by atoms with Crippen LogP contribution in [-0.4, -0.2) is 21.2 Å². The van der Waals surface area contributed by atoms with E-state index in [1.807, 2.05) is 0 Å². The van der Waals surface area contributed by atoms with Crippen LogP contribution in [-0.2, 0) is 0 Å². The number of nitrogens with zero attached hydrogens (tertiary/aromatic N) is 3. The van der Waals surface area contributed by atoms with Gasteiger partial charge in [0.15, 0.2) is 0 Å². The van der Waals surface area contributed by atoms with Crippen molar-refractivity contribution in [2.75, 3.05) is 0 Å².